The van der Waals surface area contributed by atoms with Crippen LogP contribution in [0.1, 0.15) is 40.5 Å². The molecule has 1 amide bonds. The number of amides is 1. The van der Waals surface area contributed by atoms with E-state index in [1.54, 1.807) is 0 Å². The Morgan fingerprint density at radius 3 is 2.59 bits per heavy atom. The van der Waals surface area contributed by atoms with Crippen LogP contribution in [0.25, 0.3) is 0 Å². The van der Waals surface area contributed by atoms with Crippen LogP contribution in [0.2, 0.25) is 0 Å². The molecular weight excluding hydrogens is 300 g/mol. The third-order valence-corrected chi connectivity index (χ3v) is 4.29. The van der Waals surface area contributed by atoms with Crippen LogP contribution in [0.4, 0.5) is 4.79 Å². The maximum absolute atomic E-state index is 11.5. The molecular formula is C15H30N4O2S. The van der Waals surface area contributed by atoms with Gasteiger partial charge in [0, 0.05) is 24.9 Å². The lowest BCUT2D eigenvalue weighted by Crippen LogP contribution is -2.42. The quantitative estimate of drug-likeness (QED) is 0.394. The normalized spacial score (nSPS) is 18.9. The van der Waals surface area contributed by atoms with E-state index in [4.69, 9.17) is 4.74 Å². The van der Waals surface area contributed by atoms with Gasteiger partial charge in [0.2, 0.25) is 0 Å². The minimum Gasteiger partial charge on any atom is -0.444 e. The number of hydrogen-bond donors (Lipinski definition) is 3. The van der Waals surface area contributed by atoms with Gasteiger partial charge in [-0.1, -0.05) is 0 Å². The van der Waals surface area contributed by atoms with Gasteiger partial charge < -0.3 is 20.7 Å². The first-order valence-corrected chi connectivity index (χ1v) is 9.06. The SMILES string of the molecule is CCNC(=NCC1CCCS1)NCCNC(=O)OC(C)(C)C. The summed E-state index contributed by atoms with van der Waals surface area (Å²) in [5.41, 5.74) is -0.465. The number of guanidine groups is 1. The van der Waals surface area contributed by atoms with Crippen molar-refractivity contribution in [2.75, 3.05) is 31.9 Å². The summed E-state index contributed by atoms with van der Waals surface area (Å²) in [5.74, 6) is 2.06. The van der Waals surface area contributed by atoms with Gasteiger partial charge in [0.15, 0.2) is 5.96 Å². The fraction of sp³-hybridized carbons (Fsp3) is 0.867. The van der Waals surface area contributed by atoms with E-state index in [-0.39, 0.29) is 0 Å². The molecule has 1 saturated heterocycles. The zero-order valence-electron chi connectivity index (χ0n) is 14.2. The molecule has 0 radical (unpaired) electrons. The number of nitrogens with one attached hydrogen (secondary N) is 3. The zero-order chi connectivity index (χ0) is 16.4. The Bertz CT molecular complexity index is 363. The van der Waals surface area contributed by atoms with Crippen molar-refractivity contribution in [3.8, 4) is 0 Å². The summed E-state index contributed by atoms with van der Waals surface area (Å²) < 4.78 is 5.18. The molecule has 22 heavy (non-hydrogen) atoms. The van der Waals surface area contributed by atoms with Crippen molar-refractivity contribution in [3.05, 3.63) is 0 Å². The summed E-state index contributed by atoms with van der Waals surface area (Å²) >= 11 is 2.00. The molecule has 0 aliphatic carbocycles. The lowest BCUT2D eigenvalue weighted by molar-refractivity contribution is 0.0529. The minimum absolute atomic E-state index is 0.390. The Balaban J connectivity index is 2.23. The van der Waals surface area contributed by atoms with Gasteiger partial charge in [-0.05, 0) is 46.3 Å². The van der Waals surface area contributed by atoms with Crippen molar-refractivity contribution < 1.29 is 9.53 Å². The molecule has 0 aromatic heterocycles. The summed E-state index contributed by atoms with van der Waals surface area (Å²) in [4.78, 5) is 16.1. The highest BCUT2D eigenvalue weighted by atomic mass is 32.2. The topological polar surface area (TPSA) is 74.8 Å². The van der Waals surface area contributed by atoms with E-state index in [1.165, 1.54) is 18.6 Å². The second kappa shape index (κ2) is 9.82. The molecule has 1 aliphatic heterocycles. The van der Waals surface area contributed by atoms with Crippen LogP contribution in [-0.2, 0) is 4.74 Å². The number of hydrogen-bond acceptors (Lipinski definition) is 4. The number of carbonyl (C=O) groups excluding carboxylic acids is 1. The van der Waals surface area contributed by atoms with Crippen LogP contribution in [-0.4, -0.2) is 54.8 Å². The Labute approximate surface area is 138 Å². The summed E-state index contributed by atoms with van der Waals surface area (Å²) in [5, 5.41) is 9.81. The predicted molar refractivity (Wildman–Crippen MR) is 93.7 cm³/mol. The third kappa shape index (κ3) is 9.02. The van der Waals surface area contributed by atoms with Gasteiger partial charge in [0.05, 0.1) is 6.54 Å². The van der Waals surface area contributed by atoms with E-state index >= 15 is 0 Å². The van der Waals surface area contributed by atoms with Crippen molar-refractivity contribution in [1.82, 2.24) is 16.0 Å². The molecule has 3 N–H and O–H groups in total. The molecule has 1 heterocycles. The first kappa shape index (κ1) is 18.9. The highest BCUT2D eigenvalue weighted by Gasteiger charge is 2.16. The van der Waals surface area contributed by atoms with Gasteiger partial charge in [-0.3, -0.25) is 4.99 Å². The van der Waals surface area contributed by atoms with E-state index in [1.807, 2.05) is 39.5 Å². The van der Waals surface area contributed by atoms with Crippen molar-refractivity contribution in [1.29, 1.82) is 0 Å². The molecule has 1 aliphatic rings. The van der Waals surface area contributed by atoms with Crippen molar-refractivity contribution in [3.63, 3.8) is 0 Å². The van der Waals surface area contributed by atoms with E-state index in [2.05, 4.69) is 20.9 Å². The molecule has 7 heteroatoms. The molecule has 1 fully saturated rings. The number of thioether (sulfide) groups is 1. The minimum atomic E-state index is -0.465. The summed E-state index contributed by atoms with van der Waals surface area (Å²) in [6.45, 7) is 10.4. The van der Waals surface area contributed by atoms with Gasteiger partial charge in [0.1, 0.15) is 5.60 Å². The highest BCUT2D eigenvalue weighted by Crippen LogP contribution is 2.25. The number of alkyl carbamates (subject to hydrolysis) is 1. The van der Waals surface area contributed by atoms with Gasteiger partial charge >= 0.3 is 6.09 Å². The van der Waals surface area contributed by atoms with E-state index in [9.17, 15) is 4.79 Å². The lowest BCUT2D eigenvalue weighted by atomic mass is 10.2. The van der Waals surface area contributed by atoms with Gasteiger partial charge in [-0.25, -0.2) is 4.79 Å². The Kier molecular flexibility index (Phi) is 8.45. The standard InChI is InChI=1S/C15H30N4O2S/c1-5-16-13(19-11-12-7-6-10-22-12)17-8-9-18-14(20)21-15(2,3)4/h12H,5-11H2,1-4H3,(H,18,20)(H2,16,17,19). The van der Waals surface area contributed by atoms with Crippen LogP contribution in [0.5, 0.6) is 0 Å². The highest BCUT2D eigenvalue weighted by molar-refractivity contribution is 8.00. The first-order chi connectivity index (χ1) is 10.4. The second-order valence-electron chi connectivity index (χ2n) is 6.21. The second-order valence-corrected chi connectivity index (χ2v) is 7.62. The molecule has 0 saturated carbocycles. The summed E-state index contributed by atoms with van der Waals surface area (Å²) in [6, 6.07) is 0. The van der Waals surface area contributed by atoms with Crippen molar-refractivity contribution >= 4 is 23.8 Å². The van der Waals surface area contributed by atoms with Crippen molar-refractivity contribution in [2.24, 2.45) is 4.99 Å². The first-order valence-electron chi connectivity index (χ1n) is 8.01. The summed E-state index contributed by atoms with van der Waals surface area (Å²) in [7, 11) is 0. The Hall–Kier alpha value is -1.11. The maximum Gasteiger partial charge on any atom is 0.407 e. The average molecular weight is 330 g/mol. The number of aliphatic imine (C=N–C) groups is 1. The largest absolute Gasteiger partial charge is 0.444 e. The number of rotatable bonds is 6. The van der Waals surface area contributed by atoms with E-state index in [0.29, 0.717) is 18.3 Å². The van der Waals surface area contributed by atoms with Crippen LogP contribution in [0, 0.1) is 0 Å². The number of nitrogens with zero attached hydrogens (tertiary/aromatic N) is 1. The molecule has 0 aromatic rings. The molecule has 0 aromatic carbocycles. The van der Waals surface area contributed by atoms with Gasteiger partial charge in [-0.2, -0.15) is 11.8 Å². The van der Waals surface area contributed by atoms with E-state index in [0.717, 1.165) is 19.0 Å². The van der Waals surface area contributed by atoms with Crippen molar-refractivity contribution in [2.45, 2.75) is 51.4 Å². The molecule has 0 spiro atoms. The summed E-state index contributed by atoms with van der Waals surface area (Å²) in [6.07, 6.45) is 2.17. The third-order valence-electron chi connectivity index (χ3n) is 2.91. The zero-order valence-corrected chi connectivity index (χ0v) is 15.0. The van der Waals surface area contributed by atoms with Gasteiger partial charge in [-0.15, -0.1) is 0 Å². The Morgan fingerprint density at radius 1 is 1.27 bits per heavy atom. The lowest BCUT2D eigenvalue weighted by Gasteiger charge is -2.20. The number of carbonyl (C=O) groups is 1. The molecule has 1 atom stereocenters. The molecule has 1 rings (SSSR count). The smallest absolute Gasteiger partial charge is 0.407 e. The fourth-order valence-corrected chi connectivity index (χ4v) is 3.16. The van der Waals surface area contributed by atoms with Crippen LogP contribution in [0.3, 0.4) is 0 Å². The Morgan fingerprint density at radius 2 is 2.00 bits per heavy atom. The van der Waals surface area contributed by atoms with Crippen LogP contribution >= 0.6 is 11.8 Å². The monoisotopic (exact) mass is 330 g/mol. The van der Waals surface area contributed by atoms with Crippen LogP contribution in [0.15, 0.2) is 4.99 Å². The average Bonchev–Trinajstić information content (AvgIpc) is 2.92. The van der Waals surface area contributed by atoms with Crippen LogP contribution < -0.4 is 16.0 Å². The predicted octanol–water partition coefficient (Wildman–Crippen LogP) is 1.96. The molecule has 0 bridgehead atoms. The van der Waals surface area contributed by atoms with Gasteiger partial charge in [0.25, 0.3) is 0 Å². The fourth-order valence-electron chi connectivity index (χ4n) is 1.98. The molecule has 1 unspecified atom stereocenters. The molecule has 6 nitrogen and oxygen atoms in total. The number of ether oxygens (including phenoxy) is 1. The van der Waals surface area contributed by atoms with E-state index < -0.39 is 11.7 Å². The molecule has 128 valence electrons. The maximum atomic E-state index is 11.5.